The van der Waals surface area contributed by atoms with E-state index < -0.39 is 0 Å². The van der Waals surface area contributed by atoms with E-state index in [4.69, 9.17) is 5.11 Å². The van der Waals surface area contributed by atoms with Crippen molar-refractivity contribution in [3.63, 3.8) is 0 Å². The van der Waals surface area contributed by atoms with Crippen LogP contribution in [-0.4, -0.2) is 15.1 Å². The molecule has 0 bridgehead atoms. The van der Waals surface area contributed by atoms with Crippen LogP contribution in [0, 0.1) is 0 Å². The molecule has 0 saturated heterocycles. The molecule has 0 aliphatic carbocycles. The van der Waals surface area contributed by atoms with E-state index in [0.717, 1.165) is 17.9 Å². The van der Waals surface area contributed by atoms with Crippen molar-refractivity contribution in [2.45, 2.75) is 20.0 Å². The third-order valence-electron chi connectivity index (χ3n) is 1.27. The monoisotopic (exact) mass is 204 g/mol. The molecule has 1 rings (SSSR count). The Morgan fingerprint density at radius 3 is 2.70 bits per heavy atom. The van der Waals surface area contributed by atoms with Crippen molar-refractivity contribution in [3.8, 4) is 0 Å². The number of aromatic nitrogens is 2. The lowest BCUT2D eigenvalue weighted by Crippen LogP contribution is -1.84. The number of aliphatic hydroxyl groups excluding tert-OH is 1. The van der Waals surface area contributed by atoms with Crippen LogP contribution in [0.25, 0.3) is 0 Å². The second-order valence-corrected chi connectivity index (χ2v) is 2.72. The average molecular weight is 205 g/mol. The largest absolute Gasteiger partial charge is 0.390 e. The van der Waals surface area contributed by atoms with E-state index in [1.165, 1.54) is 0 Å². The van der Waals surface area contributed by atoms with Crippen LogP contribution in [0.15, 0.2) is 4.60 Å². The van der Waals surface area contributed by atoms with Crippen molar-refractivity contribution >= 4 is 15.9 Å². The minimum Gasteiger partial charge on any atom is -0.390 e. The fourth-order valence-electron chi connectivity index (χ4n) is 0.712. The van der Waals surface area contributed by atoms with Crippen LogP contribution < -0.4 is 0 Å². The van der Waals surface area contributed by atoms with Crippen LogP contribution >= 0.6 is 15.9 Å². The van der Waals surface area contributed by atoms with Crippen molar-refractivity contribution in [2.75, 3.05) is 0 Å². The number of H-pyrrole nitrogens is 1. The molecule has 0 saturated carbocycles. The highest BCUT2D eigenvalue weighted by atomic mass is 79.9. The fraction of sp³-hybridized carbons (Fsp3) is 0.500. The zero-order valence-corrected chi connectivity index (χ0v) is 7.27. The summed E-state index contributed by atoms with van der Waals surface area (Å²) in [6.45, 7) is 2.01. The van der Waals surface area contributed by atoms with E-state index in [-0.39, 0.29) is 6.61 Å². The van der Waals surface area contributed by atoms with Gasteiger partial charge in [0.05, 0.1) is 12.3 Å². The van der Waals surface area contributed by atoms with E-state index in [1.807, 2.05) is 6.92 Å². The highest BCUT2D eigenvalue weighted by Crippen LogP contribution is 2.13. The van der Waals surface area contributed by atoms with Crippen LogP contribution in [-0.2, 0) is 13.0 Å². The molecule has 0 aromatic carbocycles. The second-order valence-electron chi connectivity index (χ2n) is 1.96. The molecular formula is C6H9BrN2O. The lowest BCUT2D eigenvalue weighted by atomic mass is 10.5. The van der Waals surface area contributed by atoms with Crippen molar-refractivity contribution in [1.82, 2.24) is 9.97 Å². The summed E-state index contributed by atoms with van der Waals surface area (Å²) in [5.74, 6) is 0.899. The third-order valence-corrected chi connectivity index (χ3v) is 1.93. The molecule has 0 fully saturated rings. The maximum absolute atomic E-state index is 8.73. The minimum atomic E-state index is 0.00752. The molecular weight excluding hydrogens is 196 g/mol. The predicted octanol–water partition coefficient (Wildman–Crippen LogP) is 1.23. The molecule has 56 valence electrons. The Bertz CT molecular complexity index is 222. The van der Waals surface area contributed by atoms with Crippen molar-refractivity contribution in [1.29, 1.82) is 0 Å². The maximum atomic E-state index is 8.73. The van der Waals surface area contributed by atoms with Gasteiger partial charge < -0.3 is 10.1 Å². The summed E-state index contributed by atoms with van der Waals surface area (Å²) in [6, 6.07) is 0. The third kappa shape index (κ3) is 1.38. The molecule has 1 aromatic heterocycles. The van der Waals surface area contributed by atoms with Gasteiger partial charge in [0.2, 0.25) is 0 Å². The number of aryl methyl sites for hydroxylation is 1. The Morgan fingerprint density at radius 1 is 1.70 bits per heavy atom. The Labute approximate surface area is 67.6 Å². The van der Waals surface area contributed by atoms with E-state index >= 15 is 0 Å². The quantitative estimate of drug-likeness (QED) is 0.762. The summed E-state index contributed by atoms with van der Waals surface area (Å²) in [5, 5.41) is 8.73. The number of hydrogen-bond acceptors (Lipinski definition) is 2. The summed E-state index contributed by atoms with van der Waals surface area (Å²) in [4.78, 5) is 7.07. The topological polar surface area (TPSA) is 48.9 Å². The van der Waals surface area contributed by atoms with E-state index in [1.54, 1.807) is 0 Å². The first-order chi connectivity index (χ1) is 4.77. The molecule has 10 heavy (non-hydrogen) atoms. The molecule has 1 aromatic rings. The molecule has 0 aliphatic rings. The highest BCUT2D eigenvalue weighted by Gasteiger charge is 2.03. The van der Waals surface area contributed by atoms with Gasteiger partial charge in [-0.2, -0.15) is 0 Å². The Balaban J connectivity index is 2.92. The van der Waals surface area contributed by atoms with E-state index in [0.29, 0.717) is 4.60 Å². The SMILES string of the molecule is CCc1nc(Br)c(CO)[nH]1. The van der Waals surface area contributed by atoms with Gasteiger partial charge in [-0.3, -0.25) is 0 Å². The first-order valence-corrected chi connectivity index (χ1v) is 3.91. The molecule has 0 aliphatic heterocycles. The van der Waals surface area contributed by atoms with Crippen molar-refractivity contribution < 1.29 is 5.11 Å². The smallest absolute Gasteiger partial charge is 0.129 e. The number of imidazole rings is 1. The zero-order valence-electron chi connectivity index (χ0n) is 5.69. The lowest BCUT2D eigenvalue weighted by Gasteiger charge is -1.86. The van der Waals surface area contributed by atoms with Gasteiger partial charge in [-0.05, 0) is 15.9 Å². The van der Waals surface area contributed by atoms with Crippen LogP contribution in [0.2, 0.25) is 0 Å². The Kier molecular flexibility index (Phi) is 2.45. The standard InChI is InChI=1S/C6H9BrN2O/c1-2-5-8-4(3-10)6(7)9-5/h10H,2-3H2,1H3,(H,8,9). The molecule has 1 heterocycles. The number of aliphatic hydroxyl groups is 1. The molecule has 4 heteroatoms. The first kappa shape index (κ1) is 7.75. The normalized spacial score (nSPS) is 10.3. The number of rotatable bonds is 2. The molecule has 0 amide bonds. The lowest BCUT2D eigenvalue weighted by molar-refractivity contribution is 0.276. The maximum Gasteiger partial charge on any atom is 0.129 e. The number of aromatic amines is 1. The van der Waals surface area contributed by atoms with E-state index in [9.17, 15) is 0 Å². The van der Waals surface area contributed by atoms with E-state index in [2.05, 4.69) is 25.9 Å². The van der Waals surface area contributed by atoms with Gasteiger partial charge in [0.1, 0.15) is 10.4 Å². The van der Waals surface area contributed by atoms with Crippen LogP contribution in [0.3, 0.4) is 0 Å². The average Bonchev–Trinajstić information content (AvgIpc) is 2.30. The molecule has 0 unspecified atom stereocenters. The molecule has 0 atom stereocenters. The first-order valence-electron chi connectivity index (χ1n) is 3.12. The Hall–Kier alpha value is -0.350. The summed E-state index contributed by atoms with van der Waals surface area (Å²) in [6.07, 6.45) is 0.860. The zero-order chi connectivity index (χ0) is 7.56. The highest BCUT2D eigenvalue weighted by molar-refractivity contribution is 9.10. The number of hydrogen-bond donors (Lipinski definition) is 2. The molecule has 3 nitrogen and oxygen atoms in total. The van der Waals surface area contributed by atoms with Gasteiger partial charge in [-0.1, -0.05) is 6.92 Å². The van der Waals surface area contributed by atoms with Crippen LogP contribution in [0.1, 0.15) is 18.4 Å². The summed E-state index contributed by atoms with van der Waals surface area (Å²) in [7, 11) is 0. The van der Waals surface area contributed by atoms with Gasteiger partial charge in [0, 0.05) is 6.42 Å². The number of nitrogens with one attached hydrogen (secondary N) is 1. The fourth-order valence-corrected chi connectivity index (χ4v) is 1.15. The summed E-state index contributed by atoms with van der Waals surface area (Å²) in [5.41, 5.74) is 0.747. The van der Waals surface area contributed by atoms with Crippen molar-refractivity contribution in [3.05, 3.63) is 16.1 Å². The van der Waals surface area contributed by atoms with Gasteiger partial charge >= 0.3 is 0 Å². The van der Waals surface area contributed by atoms with Crippen molar-refractivity contribution in [2.24, 2.45) is 0 Å². The number of halogens is 1. The van der Waals surface area contributed by atoms with Crippen LogP contribution in [0.5, 0.6) is 0 Å². The van der Waals surface area contributed by atoms with Gasteiger partial charge in [-0.25, -0.2) is 4.98 Å². The van der Waals surface area contributed by atoms with Gasteiger partial charge in [0.15, 0.2) is 0 Å². The summed E-state index contributed by atoms with van der Waals surface area (Å²) < 4.78 is 0.715. The molecule has 0 radical (unpaired) electrons. The Morgan fingerprint density at radius 2 is 2.40 bits per heavy atom. The number of nitrogens with zero attached hydrogens (tertiary/aromatic N) is 1. The van der Waals surface area contributed by atoms with Gasteiger partial charge in [-0.15, -0.1) is 0 Å². The second kappa shape index (κ2) is 3.16. The van der Waals surface area contributed by atoms with Gasteiger partial charge in [0.25, 0.3) is 0 Å². The summed E-state index contributed by atoms with van der Waals surface area (Å²) >= 11 is 3.22. The molecule has 0 spiro atoms. The molecule has 2 N–H and O–H groups in total. The minimum absolute atomic E-state index is 0.00752. The predicted molar refractivity (Wildman–Crippen MR) is 41.6 cm³/mol. The van der Waals surface area contributed by atoms with Crippen LogP contribution in [0.4, 0.5) is 0 Å².